The lowest BCUT2D eigenvalue weighted by molar-refractivity contribution is -0.128. The third-order valence-corrected chi connectivity index (χ3v) is 4.09. The molecule has 0 radical (unpaired) electrons. The fourth-order valence-electron chi connectivity index (χ4n) is 2.35. The monoisotopic (exact) mass is 411 g/mol. The Morgan fingerprint density at radius 3 is 2.34 bits per heavy atom. The van der Waals surface area contributed by atoms with Crippen molar-refractivity contribution in [2.24, 2.45) is 17.4 Å². The van der Waals surface area contributed by atoms with Crippen LogP contribution in [0.1, 0.15) is 37.0 Å². The zero-order valence-electron chi connectivity index (χ0n) is 16.2. The molecule has 0 unspecified atom stereocenters. The molecule has 10 nitrogen and oxygen atoms in total. The molecule has 2 atom stereocenters. The third-order valence-electron chi connectivity index (χ3n) is 4.09. The number of amides is 4. The maximum Gasteiger partial charge on any atom is 0.338 e. The van der Waals surface area contributed by atoms with Gasteiger partial charge in [-0.1, -0.05) is 13.8 Å². The van der Waals surface area contributed by atoms with Gasteiger partial charge in [0.1, 0.15) is 11.9 Å². The van der Waals surface area contributed by atoms with Gasteiger partial charge in [-0.2, -0.15) is 0 Å². The predicted octanol–water partition coefficient (Wildman–Crippen LogP) is 0.379. The van der Waals surface area contributed by atoms with Crippen molar-refractivity contribution in [2.75, 3.05) is 11.9 Å². The molecule has 1 rings (SSSR count). The number of benzene rings is 1. The van der Waals surface area contributed by atoms with Crippen molar-refractivity contribution in [3.8, 4) is 0 Å². The molecule has 8 N–H and O–H groups in total. The number of carboxylic acids is 1. The van der Waals surface area contributed by atoms with Crippen LogP contribution in [0.5, 0.6) is 0 Å². The SMILES string of the molecule is CC(C)[C@H](N)C(=O)N[C@@H](CCCNC(N)=O)C(=O)Nc1ccc(C(=O)O)c(F)c1. The number of primary amides is 1. The fourth-order valence-corrected chi connectivity index (χ4v) is 2.35. The summed E-state index contributed by atoms with van der Waals surface area (Å²) in [5, 5.41) is 16.2. The highest BCUT2D eigenvalue weighted by atomic mass is 19.1. The molecular formula is C18H26FN5O5. The van der Waals surface area contributed by atoms with Crippen molar-refractivity contribution in [2.45, 2.75) is 38.8 Å². The van der Waals surface area contributed by atoms with Gasteiger partial charge >= 0.3 is 12.0 Å². The Bertz CT molecular complexity index is 771. The van der Waals surface area contributed by atoms with Gasteiger partial charge < -0.3 is 32.5 Å². The smallest absolute Gasteiger partial charge is 0.338 e. The molecule has 1 aromatic rings. The van der Waals surface area contributed by atoms with Crippen LogP contribution in [-0.2, 0) is 9.59 Å². The summed E-state index contributed by atoms with van der Waals surface area (Å²) < 4.78 is 13.8. The van der Waals surface area contributed by atoms with Crippen LogP contribution >= 0.6 is 0 Å². The van der Waals surface area contributed by atoms with Crippen LogP contribution in [0.15, 0.2) is 18.2 Å². The summed E-state index contributed by atoms with van der Waals surface area (Å²) in [6.07, 6.45) is 0.475. The number of anilines is 1. The number of nitrogens with one attached hydrogen (secondary N) is 3. The van der Waals surface area contributed by atoms with Gasteiger partial charge in [-0.3, -0.25) is 9.59 Å². The number of carbonyl (C=O) groups excluding carboxylic acids is 3. The lowest BCUT2D eigenvalue weighted by atomic mass is 10.0. The first-order valence-corrected chi connectivity index (χ1v) is 8.95. The van der Waals surface area contributed by atoms with Crippen LogP contribution in [-0.4, -0.2) is 47.5 Å². The molecule has 0 spiro atoms. The molecule has 29 heavy (non-hydrogen) atoms. The molecule has 0 fully saturated rings. The van der Waals surface area contributed by atoms with E-state index in [1.807, 2.05) is 0 Å². The lowest BCUT2D eigenvalue weighted by Gasteiger charge is -2.22. The maximum atomic E-state index is 13.8. The molecule has 0 aliphatic rings. The first kappa shape index (κ1) is 23.8. The molecular weight excluding hydrogens is 385 g/mol. The number of carboxylic acid groups (broad SMARTS) is 1. The van der Waals surface area contributed by atoms with Crippen molar-refractivity contribution in [3.05, 3.63) is 29.6 Å². The van der Waals surface area contributed by atoms with Gasteiger partial charge in [0.2, 0.25) is 11.8 Å². The number of hydrogen-bond acceptors (Lipinski definition) is 5. The quantitative estimate of drug-likeness (QED) is 0.303. The second kappa shape index (κ2) is 11.0. The van der Waals surface area contributed by atoms with E-state index in [4.69, 9.17) is 16.6 Å². The fraction of sp³-hybridized carbons (Fsp3) is 0.444. The summed E-state index contributed by atoms with van der Waals surface area (Å²) >= 11 is 0. The minimum atomic E-state index is -1.44. The first-order valence-electron chi connectivity index (χ1n) is 8.95. The summed E-state index contributed by atoms with van der Waals surface area (Å²) in [7, 11) is 0. The summed E-state index contributed by atoms with van der Waals surface area (Å²) in [6, 6.07) is 0.565. The summed E-state index contributed by atoms with van der Waals surface area (Å²) in [5.41, 5.74) is 10.3. The van der Waals surface area contributed by atoms with Crippen molar-refractivity contribution in [3.63, 3.8) is 0 Å². The highest BCUT2D eigenvalue weighted by Crippen LogP contribution is 2.15. The zero-order valence-corrected chi connectivity index (χ0v) is 16.2. The Morgan fingerprint density at radius 2 is 1.83 bits per heavy atom. The van der Waals surface area contributed by atoms with Crippen molar-refractivity contribution < 1.29 is 28.7 Å². The van der Waals surface area contributed by atoms with Gasteiger partial charge in [0.05, 0.1) is 11.6 Å². The molecule has 0 aliphatic carbocycles. The van der Waals surface area contributed by atoms with Gasteiger partial charge in [-0.15, -0.1) is 0 Å². The molecule has 1 aromatic carbocycles. The Balaban J connectivity index is 2.87. The summed E-state index contributed by atoms with van der Waals surface area (Å²) in [4.78, 5) is 46.4. The van der Waals surface area contributed by atoms with E-state index < -0.39 is 47.3 Å². The standard InChI is InChI=1S/C18H26FN5O5/c1-9(2)14(20)16(26)24-13(4-3-7-22-18(21)29)15(25)23-10-5-6-11(17(27)28)12(19)8-10/h5-6,8-9,13-14H,3-4,7,20H2,1-2H3,(H,23,25)(H,24,26)(H,27,28)(H3,21,22,29)/t13-,14-/m0/s1. The molecule has 4 amide bonds. The van der Waals surface area contributed by atoms with E-state index in [0.717, 1.165) is 12.1 Å². The average Bonchev–Trinajstić information content (AvgIpc) is 2.62. The highest BCUT2D eigenvalue weighted by molar-refractivity contribution is 5.98. The lowest BCUT2D eigenvalue weighted by Crippen LogP contribution is -2.51. The highest BCUT2D eigenvalue weighted by Gasteiger charge is 2.25. The molecule has 0 aliphatic heterocycles. The largest absolute Gasteiger partial charge is 0.478 e. The van der Waals surface area contributed by atoms with E-state index in [1.54, 1.807) is 13.8 Å². The molecule has 0 bridgehead atoms. The number of rotatable bonds is 10. The molecule has 0 heterocycles. The van der Waals surface area contributed by atoms with Crippen LogP contribution in [0.25, 0.3) is 0 Å². The molecule has 160 valence electrons. The van der Waals surface area contributed by atoms with E-state index in [9.17, 15) is 23.6 Å². The minimum Gasteiger partial charge on any atom is -0.478 e. The Morgan fingerprint density at radius 1 is 1.17 bits per heavy atom. The topological polar surface area (TPSA) is 177 Å². The number of nitrogens with two attached hydrogens (primary N) is 2. The van der Waals surface area contributed by atoms with Crippen LogP contribution in [0, 0.1) is 11.7 Å². The van der Waals surface area contributed by atoms with Crippen molar-refractivity contribution in [1.82, 2.24) is 10.6 Å². The first-order chi connectivity index (χ1) is 13.5. The number of halogens is 1. The predicted molar refractivity (Wildman–Crippen MR) is 104 cm³/mol. The summed E-state index contributed by atoms with van der Waals surface area (Å²) in [6.45, 7) is 3.69. The number of urea groups is 1. The van der Waals surface area contributed by atoms with Crippen LogP contribution in [0.4, 0.5) is 14.9 Å². The van der Waals surface area contributed by atoms with Crippen LogP contribution in [0.3, 0.4) is 0 Å². The minimum absolute atomic E-state index is 0.0279. The number of aromatic carboxylic acids is 1. The average molecular weight is 411 g/mol. The normalized spacial score (nSPS) is 12.7. The third kappa shape index (κ3) is 7.74. The number of hydrogen-bond donors (Lipinski definition) is 6. The van der Waals surface area contributed by atoms with Crippen molar-refractivity contribution in [1.29, 1.82) is 0 Å². The zero-order chi connectivity index (χ0) is 22.1. The van der Waals surface area contributed by atoms with Crippen molar-refractivity contribution >= 4 is 29.5 Å². The Labute approximate surface area is 167 Å². The van der Waals surface area contributed by atoms with Gasteiger partial charge in [0.25, 0.3) is 0 Å². The maximum absolute atomic E-state index is 13.8. The van der Waals surface area contributed by atoms with Crippen LogP contribution < -0.4 is 27.4 Å². The van der Waals surface area contributed by atoms with Gasteiger partial charge in [-0.25, -0.2) is 14.0 Å². The van der Waals surface area contributed by atoms with Crippen LogP contribution in [0.2, 0.25) is 0 Å². The van der Waals surface area contributed by atoms with Gasteiger partial charge in [-0.05, 0) is 37.0 Å². The van der Waals surface area contributed by atoms with Gasteiger partial charge in [0.15, 0.2) is 0 Å². The van der Waals surface area contributed by atoms with E-state index in [-0.39, 0.29) is 24.6 Å². The Kier molecular flexibility index (Phi) is 9.00. The Hall–Kier alpha value is -3.21. The molecule has 0 saturated carbocycles. The van der Waals surface area contributed by atoms with E-state index in [0.29, 0.717) is 6.42 Å². The second-order valence-corrected chi connectivity index (χ2v) is 6.75. The molecule has 11 heteroatoms. The summed E-state index contributed by atoms with van der Waals surface area (Å²) in [5.74, 6) is -3.78. The van der Waals surface area contributed by atoms with E-state index in [2.05, 4.69) is 16.0 Å². The van der Waals surface area contributed by atoms with E-state index in [1.165, 1.54) is 6.07 Å². The molecule has 0 saturated heterocycles. The van der Waals surface area contributed by atoms with Gasteiger partial charge in [0, 0.05) is 12.2 Å². The second-order valence-electron chi connectivity index (χ2n) is 6.75. The molecule has 0 aromatic heterocycles. The van der Waals surface area contributed by atoms with E-state index >= 15 is 0 Å². The number of carbonyl (C=O) groups is 4.